The number of para-hydroxylation sites is 1. The van der Waals surface area contributed by atoms with Gasteiger partial charge in [-0.3, -0.25) is 0 Å². The van der Waals surface area contributed by atoms with Crippen molar-refractivity contribution in [1.29, 1.82) is 0 Å². The predicted molar refractivity (Wildman–Crippen MR) is 81.5 cm³/mol. The average Bonchev–Trinajstić information content (AvgIpc) is 2.43. The third kappa shape index (κ3) is 3.48. The molecule has 1 aromatic rings. The predicted octanol–water partition coefficient (Wildman–Crippen LogP) is 3.21. The van der Waals surface area contributed by atoms with Crippen molar-refractivity contribution >= 4 is 0 Å². The van der Waals surface area contributed by atoms with E-state index in [1.807, 2.05) is 18.2 Å². The molecule has 0 amide bonds. The number of hydrogen-bond acceptors (Lipinski definition) is 3. The van der Waals surface area contributed by atoms with Gasteiger partial charge in [-0.25, -0.2) is 0 Å². The first kappa shape index (κ1) is 16.0. The van der Waals surface area contributed by atoms with Crippen LogP contribution in [0.3, 0.4) is 0 Å². The highest BCUT2D eigenvalue weighted by Gasteiger charge is 2.34. The molecule has 1 aromatic carbocycles. The van der Waals surface area contributed by atoms with Gasteiger partial charge < -0.3 is 15.4 Å². The minimum Gasteiger partial charge on any atom is -0.493 e. The fourth-order valence-corrected chi connectivity index (χ4v) is 2.23. The normalized spacial score (nSPS) is 16.2. The molecule has 0 aromatic heterocycles. The van der Waals surface area contributed by atoms with Crippen LogP contribution in [0.15, 0.2) is 24.3 Å². The molecule has 0 heterocycles. The van der Waals surface area contributed by atoms with Gasteiger partial charge in [-0.15, -0.1) is 0 Å². The highest BCUT2D eigenvalue weighted by atomic mass is 16.5. The first-order valence-corrected chi connectivity index (χ1v) is 7.12. The summed E-state index contributed by atoms with van der Waals surface area (Å²) in [5.74, 6) is 0.915. The second kappa shape index (κ2) is 6.92. The molecule has 0 fully saturated rings. The molecule has 0 bridgehead atoms. The van der Waals surface area contributed by atoms with E-state index in [4.69, 9.17) is 10.5 Å². The molecule has 1 rings (SSSR count). The standard InChI is InChI=1S/C16H28N2O/c1-6-12-19-14-11-9-8-10-13(14)15(17)16(3,7-2)18(4)5/h8-11,15H,6-7,12,17H2,1-5H3. The Morgan fingerprint density at radius 1 is 1.26 bits per heavy atom. The van der Waals surface area contributed by atoms with Crippen LogP contribution in [0.25, 0.3) is 0 Å². The summed E-state index contributed by atoms with van der Waals surface area (Å²) in [7, 11) is 4.16. The zero-order valence-corrected chi connectivity index (χ0v) is 12.9. The molecule has 0 aliphatic carbocycles. The van der Waals surface area contributed by atoms with Crippen LogP contribution in [0.1, 0.15) is 45.2 Å². The maximum atomic E-state index is 6.54. The summed E-state index contributed by atoms with van der Waals surface area (Å²) in [6, 6.07) is 8.05. The van der Waals surface area contributed by atoms with Crippen LogP contribution in [0.2, 0.25) is 0 Å². The summed E-state index contributed by atoms with van der Waals surface area (Å²) in [5.41, 5.74) is 7.55. The highest BCUT2D eigenvalue weighted by molar-refractivity contribution is 5.37. The Kier molecular flexibility index (Phi) is 5.83. The number of nitrogens with zero attached hydrogens (tertiary/aromatic N) is 1. The van der Waals surface area contributed by atoms with Gasteiger partial charge in [0.15, 0.2) is 0 Å². The van der Waals surface area contributed by atoms with Gasteiger partial charge in [0.2, 0.25) is 0 Å². The van der Waals surface area contributed by atoms with Gasteiger partial charge in [-0.05, 0) is 39.9 Å². The van der Waals surface area contributed by atoms with E-state index in [-0.39, 0.29) is 11.6 Å². The Morgan fingerprint density at radius 3 is 2.42 bits per heavy atom. The molecule has 0 saturated heterocycles. The molecule has 3 heteroatoms. The van der Waals surface area contributed by atoms with Crippen molar-refractivity contribution in [1.82, 2.24) is 4.90 Å². The lowest BCUT2D eigenvalue weighted by Gasteiger charge is -2.41. The largest absolute Gasteiger partial charge is 0.493 e. The van der Waals surface area contributed by atoms with E-state index in [0.717, 1.165) is 30.8 Å². The summed E-state index contributed by atoms with van der Waals surface area (Å²) < 4.78 is 5.83. The monoisotopic (exact) mass is 264 g/mol. The van der Waals surface area contributed by atoms with Crippen molar-refractivity contribution in [3.05, 3.63) is 29.8 Å². The molecule has 0 spiro atoms. The Morgan fingerprint density at radius 2 is 1.89 bits per heavy atom. The minimum atomic E-state index is -0.0777. The van der Waals surface area contributed by atoms with Gasteiger partial charge in [0.1, 0.15) is 5.75 Å². The number of rotatable bonds is 7. The van der Waals surface area contributed by atoms with Crippen LogP contribution in [-0.2, 0) is 0 Å². The Hall–Kier alpha value is -1.06. The van der Waals surface area contributed by atoms with Crippen LogP contribution in [0.5, 0.6) is 5.75 Å². The van der Waals surface area contributed by atoms with Crippen LogP contribution >= 0.6 is 0 Å². The zero-order valence-electron chi connectivity index (χ0n) is 12.9. The Labute approximate surface area is 117 Å². The van der Waals surface area contributed by atoms with E-state index >= 15 is 0 Å². The fourth-order valence-electron chi connectivity index (χ4n) is 2.23. The molecule has 0 saturated carbocycles. The van der Waals surface area contributed by atoms with E-state index < -0.39 is 0 Å². The number of likely N-dealkylation sites (N-methyl/N-ethyl adjacent to an activating group) is 1. The SMILES string of the molecule is CCCOc1ccccc1C(N)C(C)(CC)N(C)C. The summed E-state index contributed by atoms with van der Waals surface area (Å²) in [4.78, 5) is 2.20. The highest BCUT2D eigenvalue weighted by Crippen LogP contribution is 2.35. The molecular formula is C16H28N2O. The van der Waals surface area contributed by atoms with Crippen molar-refractivity contribution < 1.29 is 4.74 Å². The molecule has 0 aliphatic rings. The molecular weight excluding hydrogens is 236 g/mol. The van der Waals surface area contributed by atoms with Crippen LogP contribution < -0.4 is 10.5 Å². The molecule has 2 atom stereocenters. The van der Waals surface area contributed by atoms with E-state index in [2.05, 4.69) is 45.8 Å². The van der Waals surface area contributed by atoms with Gasteiger partial charge in [-0.2, -0.15) is 0 Å². The van der Waals surface area contributed by atoms with Crippen LogP contribution in [0, 0.1) is 0 Å². The van der Waals surface area contributed by atoms with E-state index in [1.54, 1.807) is 0 Å². The topological polar surface area (TPSA) is 38.5 Å². The van der Waals surface area contributed by atoms with E-state index in [0.29, 0.717) is 0 Å². The number of ether oxygens (including phenoxy) is 1. The van der Waals surface area contributed by atoms with Crippen molar-refractivity contribution in [2.24, 2.45) is 5.73 Å². The summed E-state index contributed by atoms with van der Waals surface area (Å²) in [6.07, 6.45) is 1.99. The smallest absolute Gasteiger partial charge is 0.124 e. The van der Waals surface area contributed by atoms with Crippen molar-refractivity contribution in [2.45, 2.75) is 45.2 Å². The van der Waals surface area contributed by atoms with Crippen molar-refractivity contribution in [2.75, 3.05) is 20.7 Å². The first-order chi connectivity index (χ1) is 8.97. The maximum absolute atomic E-state index is 6.54. The molecule has 19 heavy (non-hydrogen) atoms. The van der Waals surface area contributed by atoms with Gasteiger partial charge in [-0.1, -0.05) is 32.0 Å². The Balaban J connectivity index is 3.07. The summed E-state index contributed by atoms with van der Waals surface area (Å²) >= 11 is 0. The second-order valence-corrected chi connectivity index (χ2v) is 5.47. The molecule has 108 valence electrons. The third-order valence-corrected chi connectivity index (χ3v) is 4.12. The second-order valence-electron chi connectivity index (χ2n) is 5.47. The number of benzene rings is 1. The Bertz CT molecular complexity index is 392. The third-order valence-electron chi connectivity index (χ3n) is 4.12. The van der Waals surface area contributed by atoms with Gasteiger partial charge in [0.25, 0.3) is 0 Å². The molecule has 0 radical (unpaired) electrons. The van der Waals surface area contributed by atoms with Gasteiger partial charge in [0, 0.05) is 11.1 Å². The first-order valence-electron chi connectivity index (χ1n) is 7.12. The lowest BCUT2D eigenvalue weighted by molar-refractivity contribution is 0.130. The average molecular weight is 264 g/mol. The zero-order chi connectivity index (χ0) is 14.5. The van der Waals surface area contributed by atoms with E-state index in [9.17, 15) is 0 Å². The molecule has 2 unspecified atom stereocenters. The maximum Gasteiger partial charge on any atom is 0.124 e. The van der Waals surface area contributed by atoms with E-state index in [1.165, 1.54) is 0 Å². The quantitative estimate of drug-likeness (QED) is 0.822. The molecule has 3 nitrogen and oxygen atoms in total. The summed E-state index contributed by atoms with van der Waals surface area (Å²) in [6.45, 7) is 7.22. The minimum absolute atomic E-state index is 0.0689. The number of nitrogens with two attached hydrogens (primary N) is 1. The number of hydrogen-bond donors (Lipinski definition) is 1. The molecule has 2 N–H and O–H groups in total. The lowest BCUT2D eigenvalue weighted by atomic mass is 9.84. The summed E-state index contributed by atoms with van der Waals surface area (Å²) in [5, 5.41) is 0. The lowest BCUT2D eigenvalue weighted by Crippen LogP contribution is -2.49. The molecule has 0 aliphatic heterocycles. The van der Waals surface area contributed by atoms with Gasteiger partial charge in [0.05, 0.1) is 12.6 Å². The van der Waals surface area contributed by atoms with Crippen LogP contribution in [-0.4, -0.2) is 31.1 Å². The van der Waals surface area contributed by atoms with Gasteiger partial charge >= 0.3 is 0 Å². The van der Waals surface area contributed by atoms with Crippen LogP contribution in [0.4, 0.5) is 0 Å². The fraction of sp³-hybridized carbons (Fsp3) is 0.625. The van der Waals surface area contributed by atoms with Crippen molar-refractivity contribution in [3.8, 4) is 5.75 Å². The van der Waals surface area contributed by atoms with Crippen molar-refractivity contribution in [3.63, 3.8) is 0 Å².